The van der Waals surface area contributed by atoms with E-state index in [0.29, 0.717) is 17.7 Å². The van der Waals surface area contributed by atoms with Gasteiger partial charge in [-0.3, -0.25) is 14.4 Å². The fraction of sp³-hybridized carbons (Fsp3) is 0.375. The van der Waals surface area contributed by atoms with Crippen LogP contribution in [0.4, 0.5) is 10.5 Å². The number of methoxy groups -OCH3 is 1. The Bertz CT molecular complexity index is 615. The number of urea groups is 1. The van der Waals surface area contributed by atoms with Crippen molar-refractivity contribution >= 4 is 29.6 Å². The van der Waals surface area contributed by atoms with Crippen LogP contribution in [0.3, 0.4) is 0 Å². The maximum Gasteiger partial charge on any atom is 0.319 e. The molecule has 0 saturated heterocycles. The average Bonchev–Trinajstić information content (AvgIpc) is 2.59. The molecule has 0 atom stereocenters. The van der Waals surface area contributed by atoms with E-state index in [-0.39, 0.29) is 31.8 Å². The number of carbonyl (C=O) groups excluding carboxylic acids is 3. The zero-order valence-corrected chi connectivity index (χ0v) is 13.8. The summed E-state index contributed by atoms with van der Waals surface area (Å²) in [5.74, 6) is -1.66. The Hall–Kier alpha value is -3.10. The number of benzene rings is 1. The number of carboxylic acids is 1. The van der Waals surface area contributed by atoms with Crippen LogP contribution in [-0.2, 0) is 14.3 Å². The summed E-state index contributed by atoms with van der Waals surface area (Å²) in [5.41, 5.74) is 0.874. The van der Waals surface area contributed by atoms with Gasteiger partial charge < -0.3 is 25.8 Å². The molecule has 25 heavy (non-hydrogen) atoms. The number of aliphatic carboxylic acids is 1. The summed E-state index contributed by atoms with van der Waals surface area (Å²) < 4.78 is 4.47. The second-order valence-electron chi connectivity index (χ2n) is 5.04. The molecule has 1 rings (SSSR count). The highest BCUT2D eigenvalue weighted by Gasteiger charge is 2.08. The van der Waals surface area contributed by atoms with Crippen LogP contribution in [-0.4, -0.2) is 49.2 Å². The number of nitrogens with one attached hydrogen (secondary N) is 3. The molecule has 1 aromatic rings. The van der Waals surface area contributed by atoms with Crippen molar-refractivity contribution in [1.82, 2.24) is 10.6 Å². The Morgan fingerprint density at radius 2 is 1.68 bits per heavy atom. The molecule has 3 amide bonds. The van der Waals surface area contributed by atoms with E-state index in [1.165, 1.54) is 19.2 Å². The lowest BCUT2D eigenvalue weighted by molar-refractivity contribution is -0.140. The van der Waals surface area contributed by atoms with Gasteiger partial charge in [0.05, 0.1) is 13.5 Å². The van der Waals surface area contributed by atoms with Crippen molar-refractivity contribution in [2.24, 2.45) is 0 Å². The van der Waals surface area contributed by atoms with E-state index >= 15 is 0 Å². The minimum atomic E-state index is -0.914. The van der Waals surface area contributed by atoms with Gasteiger partial charge in [0.2, 0.25) is 0 Å². The van der Waals surface area contributed by atoms with E-state index in [9.17, 15) is 19.2 Å². The fourth-order valence-corrected chi connectivity index (χ4v) is 1.80. The lowest BCUT2D eigenvalue weighted by atomic mass is 10.2. The second kappa shape index (κ2) is 10.6. The summed E-state index contributed by atoms with van der Waals surface area (Å²) in [6.45, 7) is 0.420. The van der Waals surface area contributed by atoms with Gasteiger partial charge in [-0.1, -0.05) is 0 Å². The fourth-order valence-electron chi connectivity index (χ4n) is 1.80. The molecule has 0 bridgehead atoms. The predicted octanol–water partition coefficient (Wildman–Crippen LogP) is 0.966. The number of esters is 1. The highest BCUT2D eigenvalue weighted by molar-refractivity contribution is 5.95. The summed E-state index contributed by atoms with van der Waals surface area (Å²) in [5, 5.41) is 16.2. The van der Waals surface area contributed by atoms with Crippen LogP contribution in [0.15, 0.2) is 24.3 Å². The number of hydrogen-bond acceptors (Lipinski definition) is 5. The number of amides is 3. The Kier molecular flexibility index (Phi) is 8.48. The molecule has 4 N–H and O–H groups in total. The summed E-state index contributed by atoms with van der Waals surface area (Å²) in [6, 6.07) is 5.74. The molecular weight excluding hydrogens is 330 g/mol. The van der Waals surface area contributed by atoms with E-state index in [4.69, 9.17) is 5.11 Å². The third-order valence-electron chi connectivity index (χ3n) is 3.10. The van der Waals surface area contributed by atoms with Crippen molar-refractivity contribution in [3.63, 3.8) is 0 Å². The SMILES string of the molecule is COC(=O)CCNC(=O)c1ccc(NC(=O)NCCCC(=O)O)cc1. The molecule has 9 heteroatoms. The largest absolute Gasteiger partial charge is 0.481 e. The molecule has 136 valence electrons. The van der Waals surface area contributed by atoms with Gasteiger partial charge >= 0.3 is 18.0 Å². The molecule has 0 aromatic heterocycles. The highest BCUT2D eigenvalue weighted by Crippen LogP contribution is 2.09. The molecule has 0 fully saturated rings. The van der Waals surface area contributed by atoms with Crippen LogP contribution < -0.4 is 16.0 Å². The van der Waals surface area contributed by atoms with E-state index in [2.05, 4.69) is 20.7 Å². The first kappa shape index (κ1) is 19.9. The van der Waals surface area contributed by atoms with Gasteiger partial charge in [-0.25, -0.2) is 4.79 Å². The monoisotopic (exact) mass is 351 g/mol. The average molecular weight is 351 g/mol. The first-order valence-corrected chi connectivity index (χ1v) is 7.64. The third kappa shape index (κ3) is 8.35. The predicted molar refractivity (Wildman–Crippen MR) is 89.3 cm³/mol. The third-order valence-corrected chi connectivity index (χ3v) is 3.10. The molecule has 0 spiro atoms. The molecule has 0 saturated carbocycles. The van der Waals surface area contributed by atoms with Gasteiger partial charge in [0.15, 0.2) is 0 Å². The van der Waals surface area contributed by atoms with Gasteiger partial charge in [0.25, 0.3) is 5.91 Å². The summed E-state index contributed by atoms with van der Waals surface area (Å²) in [7, 11) is 1.28. The van der Waals surface area contributed by atoms with Crippen molar-refractivity contribution in [3.8, 4) is 0 Å². The van der Waals surface area contributed by atoms with E-state index in [0.717, 1.165) is 0 Å². The maximum atomic E-state index is 11.9. The van der Waals surface area contributed by atoms with E-state index in [1.54, 1.807) is 12.1 Å². The summed E-state index contributed by atoms with van der Waals surface area (Å²) >= 11 is 0. The lowest BCUT2D eigenvalue weighted by Gasteiger charge is -2.08. The smallest absolute Gasteiger partial charge is 0.319 e. The van der Waals surface area contributed by atoms with Gasteiger partial charge in [0, 0.05) is 30.8 Å². The summed E-state index contributed by atoms with van der Waals surface area (Å²) in [6.07, 6.45) is 0.414. The molecule has 0 aliphatic rings. The summed E-state index contributed by atoms with van der Waals surface area (Å²) in [4.78, 5) is 44.8. The number of ether oxygens (including phenoxy) is 1. The second-order valence-corrected chi connectivity index (χ2v) is 5.04. The lowest BCUT2D eigenvalue weighted by Crippen LogP contribution is -2.30. The minimum absolute atomic E-state index is 0.0138. The van der Waals surface area contributed by atoms with E-state index < -0.39 is 18.0 Å². The van der Waals surface area contributed by atoms with Crippen molar-refractivity contribution < 1.29 is 29.0 Å². The Morgan fingerprint density at radius 1 is 1.00 bits per heavy atom. The Morgan fingerprint density at radius 3 is 2.28 bits per heavy atom. The number of rotatable bonds is 9. The number of carboxylic acid groups (broad SMARTS) is 1. The molecule has 9 nitrogen and oxygen atoms in total. The minimum Gasteiger partial charge on any atom is -0.481 e. The van der Waals surface area contributed by atoms with Crippen LogP contribution in [0.25, 0.3) is 0 Å². The number of hydrogen-bond donors (Lipinski definition) is 4. The number of carbonyl (C=O) groups is 4. The topological polar surface area (TPSA) is 134 Å². The first-order chi connectivity index (χ1) is 11.9. The van der Waals surface area contributed by atoms with Crippen LogP contribution in [0.1, 0.15) is 29.6 Å². The zero-order chi connectivity index (χ0) is 18.7. The first-order valence-electron chi connectivity index (χ1n) is 7.64. The van der Waals surface area contributed by atoms with Gasteiger partial charge in [-0.05, 0) is 30.7 Å². The van der Waals surface area contributed by atoms with Crippen molar-refractivity contribution in [3.05, 3.63) is 29.8 Å². The highest BCUT2D eigenvalue weighted by atomic mass is 16.5. The quantitative estimate of drug-likeness (QED) is 0.387. The molecule has 0 aliphatic carbocycles. The molecular formula is C16H21N3O6. The van der Waals surface area contributed by atoms with Crippen LogP contribution in [0, 0.1) is 0 Å². The Labute approximate surface area is 144 Å². The van der Waals surface area contributed by atoms with Gasteiger partial charge in [-0.15, -0.1) is 0 Å². The van der Waals surface area contributed by atoms with Crippen LogP contribution >= 0.6 is 0 Å². The van der Waals surface area contributed by atoms with Crippen molar-refractivity contribution in [2.45, 2.75) is 19.3 Å². The zero-order valence-electron chi connectivity index (χ0n) is 13.8. The molecule has 0 aliphatic heterocycles. The molecule has 0 unspecified atom stereocenters. The molecule has 0 heterocycles. The van der Waals surface area contributed by atoms with Crippen molar-refractivity contribution in [2.75, 3.05) is 25.5 Å². The Balaban J connectivity index is 2.37. The molecule has 1 aromatic carbocycles. The number of anilines is 1. The van der Waals surface area contributed by atoms with Crippen molar-refractivity contribution in [1.29, 1.82) is 0 Å². The maximum absolute atomic E-state index is 11.9. The normalized spacial score (nSPS) is 9.80. The van der Waals surface area contributed by atoms with Crippen LogP contribution in [0.5, 0.6) is 0 Å². The van der Waals surface area contributed by atoms with Crippen LogP contribution in [0.2, 0.25) is 0 Å². The molecule has 0 radical (unpaired) electrons. The van der Waals surface area contributed by atoms with Gasteiger partial charge in [-0.2, -0.15) is 0 Å². The standard InChI is InChI=1S/C16H21N3O6/c1-25-14(22)8-10-17-15(23)11-4-6-12(7-5-11)19-16(24)18-9-2-3-13(20)21/h4-7H,2-3,8-10H2,1H3,(H,17,23)(H,20,21)(H2,18,19,24). The van der Waals surface area contributed by atoms with Gasteiger partial charge in [0.1, 0.15) is 0 Å². The van der Waals surface area contributed by atoms with E-state index in [1.807, 2.05) is 0 Å².